The molecular formula is C54H92N4O16. The Labute approximate surface area is 439 Å². The Morgan fingerprint density at radius 1 is 0.919 bits per heavy atom. The number of likely N-dealkylation sites (N-methyl/N-ethyl adjacent to an activating group) is 1. The second kappa shape index (κ2) is 28.8. The van der Waals surface area contributed by atoms with E-state index in [1.54, 1.807) is 34.6 Å². The van der Waals surface area contributed by atoms with E-state index in [2.05, 4.69) is 21.3 Å². The van der Waals surface area contributed by atoms with Gasteiger partial charge in [-0.25, -0.2) is 0 Å². The van der Waals surface area contributed by atoms with Gasteiger partial charge in [0.1, 0.15) is 30.0 Å². The number of aromatic nitrogens is 1. The number of aliphatic hydroxyl groups is 5. The van der Waals surface area contributed by atoms with Crippen LogP contribution in [0.1, 0.15) is 121 Å². The van der Waals surface area contributed by atoms with Crippen molar-refractivity contribution in [3.8, 4) is 0 Å². The highest BCUT2D eigenvalue weighted by Crippen LogP contribution is 2.40. The number of para-hydroxylation sites is 1. The molecular weight excluding hydrogens is 961 g/mol. The van der Waals surface area contributed by atoms with E-state index in [1.807, 2.05) is 77.2 Å². The summed E-state index contributed by atoms with van der Waals surface area (Å²) < 4.78 is 38.2. The van der Waals surface area contributed by atoms with Crippen molar-refractivity contribution in [3.05, 3.63) is 42.1 Å². The summed E-state index contributed by atoms with van der Waals surface area (Å²) in [6.07, 6.45) is -6.07. The number of aliphatic hydroxyl groups excluding tert-OH is 3. The summed E-state index contributed by atoms with van der Waals surface area (Å²) in [6, 6.07) is 9.17. The third-order valence-corrected chi connectivity index (χ3v) is 14.9. The Morgan fingerprint density at radius 2 is 1.54 bits per heavy atom. The molecule has 3 aliphatic rings. The monoisotopic (exact) mass is 1050 g/mol. The fraction of sp³-hybridized carbons (Fsp3) is 0.778. The molecule has 3 aliphatic heterocycles. The smallest absolute Gasteiger partial charge is 0.311 e. The zero-order valence-electron chi connectivity index (χ0n) is 46.6. The van der Waals surface area contributed by atoms with Crippen LogP contribution in [-0.4, -0.2) is 200 Å². The number of carbonyl (C=O) groups is 3. The number of cyclic esters (lactones) is 1. The lowest BCUT2D eigenvalue weighted by molar-refractivity contribution is -0.318. The maximum absolute atomic E-state index is 14.6. The van der Waals surface area contributed by atoms with Crippen molar-refractivity contribution in [1.82, 2.24) is 20.1 Å². The maximum atomic E-state index is 14.6. The number of nitrogens with zero attached hydrogens (tertiary/aromatic N) is 3. The quantitative estimate of drug-likeness (QED) is 0.103. The number of hydrogen-bond donors (Lipinski definition) is 8. The normalized spacial score (nSPS) is 37.8. The zero-order chi connectivity index (χ0) is 56.0. The van der Waals surface area contributed by atoms with E-state index in [9.17, 15) is 30.3 Å². The average molecular weight is 1050 g/mol. The van der Waals surface area contributed by atoms with Crippen LogP contribution in [0, 0.1) is 17.8 Å². The fourth-order valence-electron chi connectivity index (χ4n) is 10.8. The molecule has 1 aromatic heterocycles. The van der Waals surface area contributed by atoms with Gasteiger partial charge in [0.15, 0.2) is 12.6 Å². The van der Waals surface area contributed by atoms with E-state index in [0.29, 0.717) is 39.0 Å². The lowest BCUT2D eigenvalue weighted by Crippen LogP contribution is -2.60. The van der Waals surface area contributed by atoms with E-state index < -0.39 is 108 Å². The number of fused-ring (bicyclic) bond motifs is 1. The molecule has 5 rings (SSSR count). The molecule has 20 nitrogen and oxygen atoms in total. The van der Waals surface area contributed by atoms with Crippen LogP contribution < -0.4 is 5.32 Å². The van der Waals surface area contributed by atoms with Crippen molar-refractivity contribution in [2.45, 2.75) is 212 Å². The van der Waals surface area contributed by atoms with Crippen LogP contribution in [0.25, 0.3) is 10.9 Å². The molecule has 3 saturated heterocycles. The summed E-state index contributed by atoms with van der Waals surface area (Å²) in [6.45, 7) is 22.3. The number of carbonyl (C=O) groups excluding carboxylic acids is 1. The second-order valence-corrected chi connectivity index (χ2v) is 21.8. The predicted molar refractivity (Wildman–Crippen MR) is 278 cm³/mol. The molecule has 18 atom stereocenters. The number of carboxylic acid groups (broad SMARTS) is 2. The minimum Gasteiger partial charge on any atom is -0.481 e. The van der Waals surface area contributed by atoms with Gasteiger partial charge in [-0.05, 0) is 125 Å². The van der Waals surface area contributed by atoms with Gasteiger partial charge in [0.2, 0.25) is 0 Å². The summed E-state index contributed by atoms with van der Waals surface area (Å²) in [4.78, 5) is 41.1. The summed E-state index contributed by atoms with van der Waals surface area (Å²) in [5, 5.41) is 79.6. The molecule has 3 fully saturated rings. The molecule has 74 heavy (non-hydrogen) atoms. The number of ether oxygens (including phenoxy) is 6. The Balaban J connectivity index is 0.00000168. The van der Waals surface area contributed by atoms with Crippen LogP contribution in [0.15, 0.2) is 36.5 Å². The highest BCUT2D eigenvalue weighted by atomic mass is 16.7. The van der Waals surface area contributed by atoms with Gasteiger partial charge in [0.25, 0.3) is 11.9 Å². The van der Waals surface area contributed by atoms with E-state index in [0.717, 1.165) is 30.3 Å². The van der Waals surface area contributed by atoms with Gasteiger partial charge >= 0.3 is 5.97 Å². The minimum atomic E-state index is -1.86. The van der Waals surface area contributed by atoms with Crippen molar-refractivity contribution < 1.29 is 78.6 Å². The SMILES string of the molecule is CC(=O)O.CC(=O)O.CC[C@H]1OC(=O)[C@H](C)[C@@H](O[C@H]2C[C@@](C)(OC)[C@@H](O)[C@H](C)O2)[C@H](C)[C@@H](O[C@@H]2O[C@H](C)C[C@H](N(C)C)[C@H]2O)[C@](C)(O)C[C@@H](C)CN(CCCNCc2ccnc3ccccc23)[C@H](C)[C@@H](O)[C@]1(C)O. The van der Waals surface area contributed by atoms with Gasteiger partial charge in [0.05, 0.1) is 47.1 Å². The highest BCUT2D eigenvalue weighted by molar-refractivity contribution is 5.81. The molecule has 0 unspecified atom stereocenters. The fourth-order valence-corrected chi connectivity index (χ4v) is 10.8. The van der Waals surface area contributed by atoms with Crippen LogP contribution in [0.5, 0.6) is 0 Å². The van der Waals surface area contributed by atoms with E-state index in [1.165, 1.54) is 14.0 Å². The minimum absolute atomic E-state index is 0.119. The largest absolute Gasteiger partial charge is 0.481 e. The van der Waals surface area contributed by atoms with E-state index in [4.69, 9.17) is 48.2 Å². The lowest BCUT2D eigenvalue weighted by atomic mass is 9.77. The molecule has 424 valence electrons. The molecule has 0 bridgehead atoms. The summed E-state index contributed by atoms with van der Waals surface area (Å²) in [5.74, 6) is -4.38. The van der Waals surface area contributed by atoms with Crippen LogP contribution in [0.4, 0.5) is 0 Å². The Hall–Kier alpha value is -3.48. The van der Waals surface area contributed by atoms with Crippen LogP contribution in [0.3, 0.4) is 0 Å². The number of aliphatic carboxylic acids is 2. The van der Waals surface area contributed by atoms with Gasteiger partial charge in [-0.3, -0.25) is 24.3 Å². The molecule has 0 aliphatic carbocycles. The van der Waals surface area contributed by atoms with Crippen LogP contribution in [-0.2, 0) is 49.3 Å². The lowest BCUT2D eigenvalue weighted by Gasteiger charge is -2.48. The molecule has 20 heteroatoms. The number of pyridine rings is 1. The predicted octanol–water partition coefficient (Wildman–Crippen LogP) is 4.18. The van der Waals surface area contributed by atoms with Crippen molar-refractivity contribution >= 4 is 28.8 Å². The maximum Gasteiger partial charge on any atom is 0.311 e. The topological polar surface area (TPSA) is 280 Å². The second-order valence-electron chi connectivity index (χ2n) is 21.8. The Morgan fingerprint density at radius 3 is 2.14 bits per heavy atom. The van der Waals surface area contributed by atoms with Crippen LogP contribution in [0.2, 0.25) is 0 Å². The molecule has 0 spiro atoms. The van der Waals surface area contributed by atoms with Crippen molar-refractivity contribution in [1.29, 1.82) is 0 Å². The first-order valence-electron chi connectivity index (χ1n) is 26.1. The summed E-state index contributed by atoms with van der Waals surface area (Å²) in [7, 11) is 5.30. The molecule has 2 aromatic rings. The van der Waals surface area contributed by atoms with Gasteiger partial charge in [0, 0.05) is 70.1 Å². The molecule has 0 saturated carbocycles. The van der Waals surface area contributed by atoms with Gasteiger partial charge in [-0.1, -0.05) is 39.0 Å². The summed E-state index contributed by atoms with van der Waals surface area (Å²) >= 11 is 0. The van der Waals surface area contributed by atoms with E-state index >= 15 is 0 Å². The van der Waals surface area contributed by atoms with E-state index in [-0.39, 0.29) is 37.3 Å². The van der Waals surface area contributed by atoms with Crippen molar-refractivity contribution in [2.24, 2.45) is 17.8 Å². The number of nitrogens with one attached hydrogen (secondary N) is 1. The standard InChI is InChI=1S/C50H84N4O12.2C2H4O2/c1-14-39-50(10,60)43(56)33(6)54(23-17-21-51-27-35-20-22-52-37-19-16-15-18-36(35)37)28-29(2)25-48(8,59)45(66-47-41(55)38(53(11)12)24-30(3)62-47)31(4)42(32(5)46(58)64-39)65-40-26-49(9,61-13)44(57)34(7)63-40;2*1-2(3)4/h15-16,18-20,22,29-34,38-45,47,51,55-57,59-60H,14,17,21,23-28H2,1-13H3;2*1H3,(H,3,4)/t29-,30-,31+,32-,33-,34+,38+,39-,40+,41-,42+,43-,44+,45-,47+,48-,49-,50-;;/m1../s1. The van der Waals surface area contributed by atoms with Gasteiger partial charge < -0.3 is 74.4 Å². The first-order chi connectivity index (χ1) is 34.4. The van der Waals surface area contributed by atoms with Gasteiger partial charge in [-0.15, -0.1) is 0 Å². The van der Waals surface area contributed by atoms with Crippen molar-refractivity contribution in [3.63, 3.8) is 0 Å². The molecule has 0 amide bonds. The first-order valence-corrected chi connectivity index (χ1v) is 26.1. The third kappa shape index (κ3) is 17.8. The average Bonchev–Trinajstić information content (AvgIpc) is 3.31. The molecule has 1 aromatic carbocycles. The number of hydrogen-bond acceptors (Lipinski definition) is 18. The number of methoxy groups -OCH3 is 1. The number of benzene rings is 1. The number of rotatable bonds is 13. The van der Waals surface area contributed by atoms with Crippen molar-refractivity contribution in [2.75, 3.05) is 40.8 Å². The molecule has 4 heterocycles. The first kappa shape index (κ1) is 64.8. The van der Waals surface area contributed by atoms with Gasteiger partial charge in [-0.2, -0.15) is 0 Å². The molecule has 0 radical (unpaired) electrons. The Bertz CT molecular complexity index is 2020. The molecule has 8 N–H and O–H groups in total. The number of carboxylic acids is 2. The third-order valence-electron chi connectivity index (χ3n) is 14.9. The summed E-state index contributed by atoms with van der Waals surface area (Å²) in [5.41, 5.74) is -2.44. The highest BCUT2D eigenvalue weighted by Gasteiger charge is 2.53. The Kier molecular flexibility index (Phi) is 25.2. The van der Waals surface area contributed by atoms with Crippen LogP contribution >= 0.6 is 0 Å². The zero-order valence-corrected chi connectivity index (χ0v) is 46.6. The number of esters is 1.